The maximum absolute atomic E-state index is 12.8. The van der Waals surface area contributed by atoms with E-state index in [-0.39, 0.29) is 5.91 Å². The molecule has 0 aromatic heterocycles. The molecule has 24 heavy (non-hydrogen) atoms. The smallest absolute Gasteiger partial charge is 0.240 e. The van der Waals surface area contributed by atoms with Gasteiger partial charge in [0.15, 0.2) is 0 Å². The van der Waals surface area contributed by atoms with Gasteiger partial charge in [-0.25, -0.2) is 12.7 Å². The van der Waals surface area contributed by atoms with Crippen LogP contribution in [0.5, 0.6) is 0 Å². The molecule has 2 saturated heterocycles. The Hall–Kier alpha value is -0.920. The predicted octanol–water partition coefficient (Wildman–Crippen LogP) is 1.26. The zero-order chi connectivity index (χ0) is 17.2. The van der Waals surface area contributed by atoms with Gasteiger partial charge in [0.1, 0.15) is 0 Å². The number of hydrogen-bond acceptors (Lipinski definition) is 4. The normalized spacial score (nSPS) is 27.3. The van der Waals surface area contributed by atoms with Crippen LogP contribution < -0.4 is 0 Å². The van der Waals surface area contributed by atoms with Gasteiger partial charge >= 0.3 is 0 Å². The van der Waals surface area contributed by atoms with Crippen LogP contribution in [0.25, 0.3) is 0 Å². The lowest BCUT2D eigenvalue weighted by Gasteiger charge is -2.38. The summed E-state index contributed by atoms with van der Waals surface area (Å²) in [6, 6.07) is 0. The summed E-state index contributed by atoms with van der Waals surface area (Å²) >= 11 is 0. The van der Waals surface area contributed by atoms with Crippen molar-refractivity contribution >= 4 is 15.9 Å². The largest absolute Gasteiger partial charge is 0.315 e. The molecule has 2 heterocycles. The molecule has 0 bridgehead atoms. The Balaban J connectivity index is 1.59. The van der Waals surface area contributed by atoms with Crippen molar-refractivity contribution in [3.63, 3.8) is 0 Å². The van der Waals surface area contributed by atoms with E-state index in [4.69, 9.17) is 0 Å². The Morgan fingerprint density at radius 1 is 1.08 bits per heavy atom. The first-order chi connectivity index (χ1) is 11.4. The number of allylic oxidation sites excluding steroid dienone is 2. The van der Waals surface area contributed by atoms with Crippen LogP contribution in [-0.2, 0) is 14.8 Å². The summed E-state index contributed by atoms with van der Waals surface area (Å²) in [6.07, 6.45) is 10.1. The van der Waals surface area contributed by atoms with Crippen LogP contribution in [0, 0.1) is 5.92 Å². The maximum Gasteiger partial charge on any atom is 0.240 e. The molecular weight excluding hydrogens is 326 g/mol. The number of fused-ring (bicyclic) bond motifs is 1. The van der Waals surface area contributed by atoms with E-state index in [0.717, 1.165) is 32.4 Å². The van der Waals surface area contributed by atoms with Crippen LogP contribution in [0.3, 0.4) is 0 Å². The molecule has 7 heteroatoms. The molecular formula is C17H29N3O3S. The summed E-state index contributed by atoms with van der Waals surface area (Å²) in [5.74, 6) is 0.752. The van der Waals surface area contributed by atoms with Gasteiger partial charge in [-0.15, -0.1) is 0 Å². The van der Waals surface area contributed by atoms with E-state index >= 15 is 0 Å². The van der Waals surface area contributed by atoms with Gasteiger partial charge in [-0.3, -0.25) is 9.69 Å². The SMILES string of the molecule is CS(=O)(=O)N1CCCN(CC(=O)N2CCCC3CCCC=C32)CC1. The molecule has 0 aromatic carbocycles. The highest BCUT2D eigenvalue weighted by molar-refractivity contribution is 7.88. The number of rotatable bonds is 3. The highest BCUT2D eigenvalue weighted by Gasteiger charge is 2.31. The molecule has 0 spiro atoms. The first-order valence-corrected chi connectivity index (χ1v) is 11.0. The average Bonchev–Trinajstić information content (AvgIpc) is 2.79. The third-order valence-electron chi connectivity index (χ3n) is 5.45. The molecule has 136 valence electrons. The average molecular weight is 356 g/mol. The van der Waals surface area contributed by atoms with E-state index in [1.807, 2.05) is 4.90 Å². The molecule has 6 nitrogen and oxygen atoms in total. The Bertz CT molecular complexity index is 602. The van der Waals surface area contributed by atoms with Crippen LogP contribution in [0.4, 0.5) is 0 Å². The lowest BCUT2D eigenvalue weighted by molar-refractivity contribution is -0.131. The number of sulfonamides is 1. The van der Waals surface area contributed by atoms with Crippen LogP contribution >= 0.6 is 0 Å². The fraction of sp³-hybridized carbons (Fsp3) is 0.824. The first-order valence-electron chi connectivity index (χ1n) is 9.13. The lowest BCUT2D eigenvalue weighted by atomic mass is 9.85. The lowest BCUT2D eigenvalue weighted by Crippen LogP contribution is -2.45. The van der Waals surface area contributed by atoms with Crippen molar-refractivity contribution < 1.29 is 13.2 Å². The number of hydrogen-bond donors (Lipinski definition) is 0. The van der Waals surface area contributed by atoms with Gasteiger partial charge < -0.3 is 4.90 Å². The van der Waals surface area contributed by atoms with Gasteiger partial charge in [0.2, 0.25) is 15.9 Å². The highest BCUT2D eigenvalue weighted by atomic mass is 32.2. The molecule has 1 aliphatic carbocycles. The van der Waals surface area contributed by atoms with Crippen LogP contribution in [0.15, 0.2) is 11.8 Å². The third kappa shape index (κ3) is 4.18. The highest BCUT2D eigenvalue weighted by Crippen LogP contribution is 2.34. The Morgan fingerprint density at radius 2 is 1.88 bits per heavy atom. The minimum atomic E-state index is -3.14. The van der Waals surface area contributed by atoms with Crippen molar-refractivity contribution in [2.75, 3.05) is 45.5 Å². The quantitative estimate of drug-likeness (QED) is 0.765. The molecule has 0 aromatic rings. The summed E-state index contributed by atoms with van der Waals surface area (Å²) in [5, 5.41) is 0. The van der Waals surface area contributed by atoms with Gasteiger partial charge in [-0.1, -0.05) is 6.08 Å². The molecule has 0 radical (unpaired) electrons. The van der Waals surface area contributed by atoms with Crippen molar-refractivity contribution in [1.82, 2.24) is 14.1 Å². The second kappa shape index (κ2) is 7.54. The Morgan fingerprint density at radius 3 is 2.67 bits per heavy atom. The summed E-state index contributed by atoms with van der Waals surface area (Å²) in [6.45, 7) is 3.70. The minimum absolute atomic E-state index is 0.181. The molecule has 0 saturated carbocycles. The molecule has 1 amide bonds. The topological polar surface area (TPSA) is 60.9 Å². The van der Waals surface area contributed by atoms with Crippen LogP contribution in [0.2, 0.25) is 0 Å². The van der Waals surface area contributed by atoms with Crippen molar-refractivity contribution in [2.24, 2.45) is 5.92 Å². The molecule has 3 rings (SSSR count). The number of amides is 1. The van der Waals surface area contributed by atoms with Gasteiger partial charge in [0, 0.05) is 31.9 Å². The number of carbonyl (C=O) groups excluding carboxylic acids is 1. The standard InChI is InChI=1S/C17H29N3O3S/c1-24(22,23)19-10-5-9-18(12-13-19)14-17(21)20-11-4-7-15-6-2-3-8-16(15)20/h8,15H,2-7,9-14H2,1H3. The van der Waals surface area contributed by atoms with E-state index in [0.29, 0.717) is 32.1 Å². The first kappa shape index (κ1) is 17.9. The van der Waals surface area contributed by atoms with Crippen molar-refractivity contribution in [2.45, 2.75) is 38.5 Å². The summed E-state index contributed by atoms with van der Waals surface area (Å²) in [4.78, 5) is 16.9. The molecule has 0 N–H and O–H groups in total. The van der Waals surface area contributed by atoms with E-state index in [1.54, 1.807) is 0 Å². The van der Waals surface area contributed by atoms with E-state index in [2.05, 4.69) is 11.0 Å². The molecule has 3 aliphatic rings. The van der Waals surface area contributed by atoms with Gasteiger partial charge in [0.05, 0.1) is 12.8 Å². The fourth-order valence-corrected chi connectivity index (χ4v) is 5.03. The molecule has 1 atom stereocenters. The Kier molecular flexibility index (Phi) is 5.62. The predicted molar refractivity (Wildman–Crippen MR) is 93.8 cm³/mol. The zero-order valence-electron chi connectivity index (χ0n) is 14.6. The molecule has 2 aliphatic heterocycles. The number of carbonyl (C=O) groups is 1. The summed E-state index contributed by atoms with van der Waals surface area (Å²) < 4.78 is 24.9. The third-order valence-corrected chi connectivity index (χ3v) is 6.75. The monoisotopic (exact) mass is 355 g/mol. The summed E-state index contributed by atoms with van der Waals surface area (Å²) in [5.41, 5.74) is 1.25. The van der Waals surface area contributed by atoms with Gasteiger partial charge in [-0.05, 0) is 51.0 Å². The second-order valence-corrected chi connectivity index (χ2v) is 9.22. The van der Waals surface area contributed by atoms with E-state index in [9.17, 15) is 13.2 Å². The van der Waals surface area contributed by atoms with Crippen LogP contribution in [0.1, 0.15) is 38.5 Å². The van der Waals surface area contributed by atoms with Gasteiger partial charge in [-0.2, -0.15) is 0 Å². The van der Waals surface area contributed by atoms with Crippen molar-refractivity contribution in [3.05, 3.63) is 11.8 Å². The molecule has 1 unspecified atom stereocenters. The van der Waals surface area contributed by atoms with Crippen LogP contribution in [-0.4, -0.2) is 74.0 Å². The molecule has 2 fully saturated rings. The number of nitrogens with zero attached hydrogens (tertiary/aromatic N) is 3. The fourth-order valence-electron chi connectivity index (χ4n) is 4.16. The van der Waals surface area contributed by atoms with E-state index < -0.39 is 10.0 Å². The minimum Gasteiger partial charge on any atom is -0.315 e. The number of likely N-dealkylation sites (tertiary alicyclic amines) is 1. The van der Waals surface area contributed by atoms with E-state index in [1.165, 1.54) is 35.5 Å². The Labute approximate surface area is 145 Å². The van der Waals surface area contributed by atoms with Crippen molar-refractivity contribution in [1.29, 1.82) is 0 Å². The number of piperidine rings is 1. The maximum atomic E-state index is 12.8. The summed E-state index contributed by atoms with van der Waals surface area (Å²) in [7, 11) is -3.14. The second-order valence-electron chi connectivity index (χ2n) is 7.24. The zero-order valence-corrected chi connectivity index (χ0v) is 15.4. The van der Waals surface area contributed by atoms with Crippen molar-refractivity contribution in [3.8, 4) is 0 Å². The van der Waals surface area contributed by atoms with Gasteiger partial charge in [0.25, 0.3) is 0 Å².